The van der Waals surface area contributed by atoms with Crippen molar-refractivity contribution in [3.8, 4) is 5.75 Å². The highest BCUT2D eigenvalue weighted by Crippen LogP contribution is 2.31. The molecule has 6 nitrogen and oxygen atoms in total. The largest absolute Gasteiger partial charge is 0.497 e. The van der Waals surface area contributed by atoms with E-state index >= 15 is 0 Å². The summed E-state index contributed by atoms with van der Waals surface area (Å²) in [5.74, 6) is 0.258. The molecule has 2 heterocycles. The predicted molar refractivity (Wildman–Crippen MR) is 137 cm³/mol. The average Bonchev–Trinajstić information content (AvgIpc) is 3.50. The fraction of sp³-hybridized carbons (Fsp3) is 0.296. The lowest BCUT2D eigenvalue weighted by atomic mass is 10.1. The number of hydrogen-bond donors (Lipinski definition) is 1. The third-order valence-corrected chi connectivity index (χ3v) is 7.41. The van der Waals surface area contributed by atoms with Gasteiger partial charge in [0.05, 0.1) is 17.5 Å². The number of nitrogens with one attached hydrogen (secondary N) is 1. The van der Waals surface area contributed by atoms with Crippen LogP contribution in [0.1, 0.15) is 40.9 Å². The summed E-state index contributed by atoms with van der Waals surface area (Å²) in [6.45, 7) is 1.99. The molecule has 1 fully saturated rings. The van der Waals surface area contributed by atoms with E-state index in [-0.39, 0.29) is 24.4 Å². The minimum Gasteiger partial charge on any atom is -0.497 e. The molecule has 0 saturated heterocycles. The second-order valence-electron chi connectivity index (χ2n) is 8.78. The Hall–Kier alpha value is -3.45. The molecule has 2 aromatic carbocycles. The predicted octanol–water partition coefficient (Wildman–Crippen LogP) is 5.47. The Morgan fingerprint density at radius 3 is 2.68 bits per heavy atom. The molecule has 0 atom stereocenters. The number of para-hydroxylation sites is 1. The molecule has 2 amide bonds. The molecule has 0 bridgehead atoms. The number of ether oxygens (including phenoxy) is 1. The summed E-state index contributed by atoms with van der Waals surface area (Å²) in [5.41, 5.74) is 2.66. The quantitative estimate of drug-likeness (QED) is 0.403. The van der Waals surface area contributed by atoms with Crippen molar-refractivity contribution in [2.24, 2.45) is 0 Å². The monoisotopic (exact) mass is 473 g/mol. The van der Waals surface area contributed by atoms with Gasteiger partial charge in [-0.15, -0.1) is 11.3 Å². The molecule has 5 rings (SSSR count). The Bertz CT molecular complexity index is 1370. The van der Waals surface area contributed by atoms with E-state index in [1.807, 2.05) is 49.4 Å². The van der Waals surface area contributed by atoms with Crippen LogP contribution in [0.4, 0.5) is 5.69 Å². The summed E-state index contributed by atoms with van der Waals surface area (Å²) in [5, 5.41) is 5.07. The number of fused-ring (bicyclic) bond motifs is 2. The van der Waals surface area contributed by atoms with Crippen LogP contribution in [0.25, 0.3) is 21.1 Å². The number of pyridine rings is 1. The first kappa shape index (κ1) is 22.3. The molecule has 4 aromatic rings. The van der Waals surface area contributed by atoms with Gasteiger partial charge < -0.3 is 10.1 Å². The zero-order chi connectivity index (χ0) is 23.7. The number of carbonyl (C=O) groups is 2. The molecule has 34 heavy (non-hydrogen) atoms. The third kappa shape index (κ3) is 4.48. The zero-order valence-electron chi connectivity index (χ0n) is 19.3. The first-order valence-electron chi connectivity index (χ1n) is 11.6. The van der Waals surface area contributed by atoms with Crippen LogP contribution in [0.2, 0.25) is 0 Å². The number of thiophene rings is 1. The van der Waals surface area contributed by atoms with Crippen LogP contribution in [0.3, 0.4) is 0 Å². The van der Waals surface area contributed by atoms with Crippen molar-refractivity contribution in [3.05, 3.63) is 65.0 Å². The number of rotatable bonds is 6. The highest BCUT2D eigenvalue weighted by molar-refractivity contribution is 7.20. The van der Waals surface area contributed by atoms with Crippen molar-refractivity contribution in [2.45, 2.75) is 38.6 Å². The molecule has 1 aliphatic rings. The van der Waals surface area contributed by atoms with E-state index in [4.69, 9.17) is 9.72 Å². The van der Waals surface area contributed by atoms with E-state index in [1.165, 1.54) is 16.2 Å². The van der Waals surface area contributed by atoms with Gasteiger partial charge in [-0.2, -0.15) is 0 Å². The lowest BCUT2D eigenvalue weighted by Gasteiger charge is -2.23. The third-order valence-electron chi connectivity index (χ3n) is 6.38. The molecule has 2 aromatic heterocycles. The fourth-order valence-electron chi connectivity index (χ4n) is 4.59. The number of carbonyl (C=O) groups excluding carboxylic acids is 2. The molecule has 0 spiro atoms. The van der Waals surface area contributed by atoms with Crippen LogP contribution in [0, 0.1) is 6.92 Å². The number of hydrogen-bond acceptors (Lipinski definition) is 5. The molecule has 1 N–H and O–H groups in total. The molecule has 0 radical (unpaired) electrons. The van der Waals surface area contributed by atoms with Gasteiger partial charge in [0.2, 0.25) is 5.91 Å². The van der Waals surface area contributed by atoms with E-state index in [0.717, 1.165) is 52.4 Å². The Balaban J connectivity index is 1.49. The molecular weight excluding hydrogens is 446 g/mol. The smallest absolute Gasteiger partial charge is 0.268 e. The van der Waals surface area contributed by atoms with Crippen molar-refractivity contribution < 1.29 is 14.3 Å². The van der Waals surface area contributed by atoms with Crippen LogP contribution in [-0.2, 0) is 4.79 Å². The lowest BCUT2D eigenvalue weighted by Crippen LogP contribution is -2.43. The van der Waals surface area contributed by atoms with Gasteiger partial charge in [-0.25, -0.2) is 4.98 Å². The number of benzene rings is 2. The lowest BCUT2D eigenvalue weighted by molar-refractivity contribution is -0.120. The zero-order valence-corrected chi connectivity index (χ0v) is 20.2. The van der Waals surface area contributed by atoms with Crippen molar-refractivity contribution in [1.82, 2.24) is 10.3 Å². The maximum atomic E-state index is 13.7. The number of nitrogens with zero attached hydrogens (tertiary/aromatic N) is 2. The van der Waals surface area contributed by atoms with Gasteiger partial charge in [0.15, 0.2) is 0 Å². The summed E-state index contributed by atoms with van der Waals surface area (Å²) in [6, 6.07) is 17.5. The number of aromatic nitrogens is 1. The topological polar surface area (TPSA) is 71.5 Å². The minimum atomic E-state index is -0.224. The van der Waals surface area contributed by atoms with E-state index < -0.39 is 0 Å². The maximum Gasteiger partial charge on any atom is 0.268 e. The standard InChI is InChI=1S/C27H27N3O3S/c1-17-7-5-8-18-13-19-14-23(34-26(19)29-25(17)18)27(32)30(21-11-6-12-22(15-21)33-2)16-24(31)28-20-9-3-4-10-20/h5-8,11-15,20H,3-4,9-10,16H2,1-2H3,(H,28,31). The molecule has 174 valence electrons. The van der Waals surface area contributed by atoms with E-state index in [2.05, 4.69) is 11.4 Å². The first-order valence-corrected chi connectivity index (χ1v) is 12.4. The van der Waals surface area contributed by atoms with Crippen LogP contribution in [0.15, 0.2) is 54.6 Å². The molecule has 1 aliphatic carbocycles. The van der Waals surface area contributed by atoms with Crippen molar-refractivity contribution in [3.63, 3.8) is 0 Å². The summed E-state index contributed by atoms with van der Waals surface area (Å²) in [7, 11) is 1.59. The Morgan fingerprint density at radius 2 is 1.88 bits per heavy atom. The van der Waals surface area contributed by atoms with Gasteiger partial charge in [-0.05, 0) is 49.6 Å². The molecule has 0 unspecified atom stereocenters. The fourth-order valence-corrected chi connectivity index (χ4v) is 5.55. The summed E-state index contributed by atoms with van der Waals surface area (Å²) >= 11 is 1.36. The van der Waals surface area contributed by atoms with E-state index in [9.17, 15) is 9.59 Å². The van der Waals surface area contributed by atoms with Gasteiger partial charge in [-0.1, -0.05) is 37.1 Å². The first-order chi connectivity index (χ1) is 16.5. The van der Waals surface area contributed by atoms with Gasteiger partial charge in [0.1, 0.15) is 17.1 Å². The van der Waals surface area contributed by atoms with E-state index in [0.29, 0.717) is 16.3 Å². The van der Waals surface area contributed by atoms with Crippen LogP contribution < -0.4 is 15.0 Å². The minimum absolute atomic E-state index is 0.0503. The summed E-state index contributed by atoms with van der Waals surface area (Å²) < 4.78 is 5.36. The van der Waals surface area contributed by atoms with Crippen molar-refractivity contribution in [2.75, 3.05) is 18.6 Å². The van der Waals surface area contributed by atoms with Crippen molar-refractivity contribution >= 4 is 50.0 Å². The Kier molecular flexibility index (Phi) is 6.20. The Labute approximate surface area is 202 Å². The number of methoxy groups -OCH3 is 1. The van der Waals surface area contributed by atoms with Crippen LogP contribution >= 0.6 is 11.3 Å². The number of anilines is 1. The second kappa shape index (κ2) is 9.43. The molecular formula is C27H27N3O3S. The SMILES string of the molecule is COc1cccc(N(CC(=O)NC2CCCC2)C(=O)c2cc3cc4cccc(C)c4nc3s2)c1. The molecule has 1 saturated carbocycles. The summed E-state index contributed by atoms with van der Waals surface area (Å²) in [6.07, 6.45) is 4.25. The van der Waals surface area contributed by atoms with Crippen LogP contribution in [-0.4, -0.2) is 36.5 Å². The highest BCUT2D eigenvalue weighted by atomic mass is 32.1. The maximum absolute atomic E-state index is 13.7. The average molecular weight is 474 g/mol. The van der Waals surface area contributed by atoms with Gasteiger partial charge in [0.25, 0.3) is 5.91 Å². The van der Waals surface area contributed by atoms with Gasteiger partial charge >= 0.3 is 0 Å². The number of aryl methyl sites for hydroxylation is 1. The van der Waals surface area contributed by atoms with E-state index in [1.54, 1.807) is 13.2 Å². The summed E-state index contributed by atoms with van der Waals surface area (Å²) in [4.78, 5) is 34.3. The normalized spacial score (nSPS) is 13.9. The van der Waals surface area contributed by atoms with Crippen molar-refractivity contribution in [1.29, 1.82) is 0 Å². The molecule has 7 heteroatoms. The van der Waals surface area contributed by atoms with Gasteiger partial charge in [0, 0.05) is 28.6 Å². The highest BCUT2D eigenvalue weighted by Gasteiger charge is 2.25. The number of amides is 2. The Morgan fingerprint density at radius 1 is 1.09 bits per heavy atom. The second-order valence-corrected chi connectivity index (χ2v) is 9.81. The van der Waals surface area contributed by atoms with Crippen LogP contribution in [0.5, 0.6) is 5.75 Å². The van der Waals surface area contributed by atoms with Gasteiger partial charge in [-0.3, -0.25) is 14.5 Å². The molecule has 0 aliphatic heterocycles.